The lowest BCUT2D eigenvalue weighted by atomic mass is 10.1. The number of thioether (sulfide) groups is 1. The van der Waals surface area contributed by atoms with Gasteiger partial charge in [-0.1, -0.05) is 45.0 Å². The minimum Gasteiger partial charge on any atom is -0.497 e. The molecule has 0 unspecified atom stereocenters. The van der Waals surface area contributed by atoms with Gasteiger partial charge in [-0.2, -0.15) is 0 Å². The third-order valence-electron chi connectivity index (χ3n) is 4.88. The van der Waals surface area contributed by atoms with Gasteiger partial charge in [0.15, 0.2) is 0 Å². The van der Waals surface area contributed by atoms with Gasteiger partial charge in [0.2, 0.25) is 0 Å². The van der Waals surface area contributed by atoms with Crippen LogP contribution in [0.2, 0.25) is 0 Å². The Balaban J connectivity index is 1.81. The summed E-state index contributed by atoms with van der Waals surface area (Å²) >= 11 is 1.45. The molecule has 2 amide bonds. The van der Waals surface area contributed by atoms with Crippen molar-refractivity contribution >= 4 is 29.1 Å². The van der Waals surface area contributed by atoms with E-state index in [0.717, 1.165) is 29.0 Å². The van der Waals surface area contributed by atoms with Crippen LogP contribution in [0.1, 0.15) is 38.3 Å². The number of carbonyl (C=O) groups is 2. The second-order valence-electron chi connectivity index (χ2n) is 7.60. The molecule has 5 nitrogen and oxygen atoms in total. The number of hydrogen-bond donors (Lipinski definition) is 0. The summed E-state index contributed by atoms with van der Waals surface area (Å²) in [4.78, 5) is 28.3. The normalized spacial score (nSPS) is 14.0. The van der Waals surface area contributed by atoms with Crippen LogP contribution in [0, 0.1) is 0 Å². The number of benzene rings is 2. The molecule has 0 saturated carbocycles. The molecule has 0 fully saturated rings. The van der Waals surface area contributed by atoms with Gasteiger partial charge in [0, 0.05) is 11.8 Å². The molecule has 0 atom stereocenters. The van der Waals surface area contributed by atoms with E-state index in [1.165, 1.54) is 16.7 Å². The van der Waals surface area contributed by atoms with E-state index in [9.17, 15) is 9.59 Å². The summed E-state index contributed by atoms with van der Waals surface area (Å²) in [5.74, 6) is 1.10. The molecule has 0 bridgehead atoms. The van der Waals surface area contributed by atoms with E-state index in [-0.39, 0.29) is 17.1 Å². The van der Waals surface area contributed by atoms with E-state index >= 15 is 0 Å². The van der Waals surface area contributed by atoms with Crippen molar-refractivity contribution in [2.75, 3.05) is 20.3 Å². The van der Waals surface area contributed by atoms with Crippen LogP contribution < -0.4 is 9.47 Å². The Morgan fingerprint density at radius 3 is 2.16 bits per heavy atom. The SMILES string of the molecule is CCCOc1ccc(C2=C(SC(C)C)C(=O)N(CCc3ccc(OC)cc3)C2=O)cc1. The van der Waals surface area contributed by atoms with Crippen LogP contribution in [0.15, 0.2) is 53.4 Å². The molecule has 3 rings (SSSR count). The van der Waals surface area contributed by atoms with Crippen molar-refractivity contribution < 1.29 is 19.1 Å². The van der Waals surface area contributed by atoms with Crippen molar-refractivity contribution in [1.82, 2.24) is 4.90 Å². The topological polar surface area (TPSA) is 55.8 Å². The van der Waals surface area contributed by atoms with Crippen molar-refractivity contribution in [2.24, 2.45) is 0 Å². The zero-order chi connectivity index (χ0) is 22.4. The summed E-state index contributed by atoms with van der Waals surface area (Å²) in [6.07, 6.45) is 1.52. The number of hydrogen-bond acceptors (Lipinski definition) is 5. The number of carbonyl (C=O) groups excluding carboxylic acids is 2. The van der Waals surface area contributed by atoms with Gasteiger partial charge >= 0.3 is 0 Å². The van der Waals surface area contributed by atoms with Crippen molar-refractivity contribution in [1.29, 1.82) is 0 Å². The monoisotopic (exact) mass is 439 g/mol. The van der Waals surface area contributed by atoms with E-state index in [1.807, 2.05) is 62.4 Å². The Morgan fingerprint density at radius 1 is 0.935 bits per heavy atom. The van der Waals surface area contributed by atoms with Gasteiger partial charge in [-0.25, -0.2) is 0 Å². The quantitative estimate of drug-likeness (QED) is 0.491. The van der Waals surface area contributed by atoms with Gasteiger partial charge in [0.25, 0.3) is 11.8 Å². The second-order valence-corrected chi connectivity index (χ2v) is 9.19. The number of methoxy groups -OCH3 is 1. The second kappa shape index (κ2) is 10.5. The Morgan fingerprint density at radius 2 is 1.58 bits per heavy atom. The third-order valence-corrected chi connectivity index (χ3v) is 5.96. The maximum atomic E-state index is 13.3. The van der Waals surface area contributed by atoms with Gasteiger partial charge in [-0.15, -0.1) is 11.8 Å². The number of imide groups is 1. The highest BCUT2D eigenvalue weighted by Crippen LogP contribution is 2.38. The minimum absolute atomic E-state index is 0.190. The largest absolute Gasteiger partial charge is 0.497 e. The van der Waals surface area contributed by atoms with Gasteiger partial charge in [0.05, 0.1) is 24.2 Å². The van der Waals surface area contributed by atoms with Gasteiger partial charge in [-0.3, -0.25) is 14.5 Å². The summed E-state index contributed by atoms with van der Waals surface area (Å²) in [7, 11) is 1.63. The highest BCUT2D eigenvalue weighted by molar-refractivity contribution is 8.04. The highest BCUT2D eigenvalue weighted by atomic mass is 32.2. The van der Waals surface area contributed by atoms with E-state index < -0.39 is 0 Å². The molecule has 1 heterocycles. The van der Waals surface area contributed by atoms with Crippen LogP contribution in [0.3, 0.4) is 0 Å². The first-order chi connectivity index (χ1) is 14.9. The molecule has 0 aliphatic carbocycles. The maximum Gasteiger partial charge on any atom is 0.268 e. The Hall–Kier alpha value is -2.73. The molecule has 0 spiro atoms. The zero-order valence-electron chi connectivity index (χ0n) is 18.5. The molecule has 6 heteroatoms. The van der Waals surface area contributed by atoms with E-state index in [1.54, 1.807) is 7.11 Å². The molecule has 2 aromatic carbocycles. The lowest BCUT2D eigenvalue weighted by molar-refractivity contribution is -0.136. The van der Waals surface area contributed by atoms with Gasteiger partial charge in [0.1, 0.15) is 11.5 Å². The number of nitrogens with zero attached hydrogens (tertiary/aromatic N) is 1. The Kier molecular flexibility index (Phi) is 7.80. The number of ether oxygens (including phenoxy) is 2. The Bertz CT molecular complexity index is 948. The first-order valence-corrected chi connectivity index (χ1v) is 11.5. The fourth-order valence-electron chi connectivity index (χ4n) is 3.33. The van der Waals surface area contributed by atoms with E-state index in [4.69, 9.17) is 9.47 Å². The molecule has 0 saturated heterocycles. The molecule has 0 aromatic heterocycles. The van der Waals surface area contributed by atoms with Crippen LogP contribution >= 0.6 is 11.8 Å². The molecule has 1 aliphatic heterocycles. The first-order valence-electron chi connectivity index (χ1n) is 10.6. The van der Waals surface area contributed by atoms with E-state index in [2.05, 4.69) is 6.92 Å². The van der Waals surface area contributed by atoms with Crippen molar-refractivity contribution in [3.8, 4) is 11.5 Å². The summed E-state index contributed by atoms with van der Waals surface area (Å²) in [6.45, 7) is 7.09. The Labute approximate surface area is 188 Å². The number of amides is 2. The average molecular weight is 440 g/mol. The first kappa shape index (κ1) is 22.9. The molecule has 1 aliphatic rings. The van der Waals surface area contributed by atoms with Gasteiger partial charge < -0.3 is 9.47 Å². The van der Waals surface area contributed by atoms with Crippen molar-refractivity contribution in [2.45, 2.75) is 38.9 Å². The highest BCUT2D eigenvalue weighted by Gasteiger charge is 2.39. The molecule has 164 valence electrons. The maximum absolute atomic E-state index is 13.3. The fraction of sp³-hybridized carbons (Fsp3) is 0.360. The standard InChI is InChI=1S/C25H29NO4S/c1-5-16-30-21-12-8-19(9-13-21)22-23(31-17(2)3)25(28)26(24(22)27)15-14-18-6-10-20(29-4)11-7-18/h6-13,17H,5,14-16H2,1-4H3. The predicted octanol–water partition coefficient (Wildman–Crippen LogP) is 4.95. The molecular weight excluding hydrogens is 410 g/mol. The van der Waals surface area contributed by atoms with Crippen LogP contribution in [-0.4, -0.2) is 42.2 Å². The van der Waals surface area contributed by atoms with Crippen LogP contribution in [0.4, 0.5) is 0 Å². The molecule has 31 heavy (non-hydrogen) atoms. The van der Waals surface area contributed by atoms with Crippen molar-refractivity contribution in [3.05, 3.63) is 64.6 Å². The fourth-order valence-corrected chi connectivity index (χ4v) is 4.33. The van der Waals surface area contributed by atoms with Crippen molar-refractivity contribution in [3.63, 3.8) is 0 Å². The van der Waals surface area contributed by atoms with Gasteiger partial charge in [-0.05, 0) is 48.2 Å². The third kappa shape index (κ3) is 5.50. The summed E-state index contributed by atoms with van der Waals surface area (Å²) < 4.78 is 10.8. The predicted molar refractivity (Wildman–Crippen MR) is 125 cm³/mol. The zero-order valence-corrected chi connectivity index (χ0v) is 19.3. The number of rotatable bonds is 10. The average Bonchev–Trinajstić information content (AvgIpc) is 3.00. The summed E-state index contributed by atoms with van der Waals surface area (Å²) in [6, 6.07) is 15.1. The smallest absolute Gasteiger partial charge is 0.268 e. The summed E-state index contributed by atoms with van der Waals surface area (Å²) in [5.41, 5.74) is 2.28. The lowest BCUT2D eigenvalue weighted by Gasteiger charge is -2.15. The van der Waals surface area contributed by atoms with Crippen LogP contribution in [0.5, 0.6) is 11.5 Å². The summed E-state index contributed by atoms with van der Waals surface area (Å²) in [5, 5.41) is 0.190. The lowest BCUT2D eigenvalue weighted by Crippen LogP contribution is -2.33. The van der Waals surface area contributed by atoms with E-state index in [0.29, 0.717) is 30.1 Å². The minimum atomic E-state index is -0.233. The molecule has 2 aromatic rings. The van der Waals surface area contributed by atoms with Crippen LogP contribution in [0.25, 0.3) is 5.57 Å². The molecular formula is C25H29NO4S. The molecule has 0 radical (unpaired) electrons. The molecule has 0 N–H and O–H groups in total. The van der Waals surface area contributed by atoms with Crippen LogP contribution in [-0.2, 0) is 16.0 Å².